The number of Topliss-reactive ketones (excluding diaryl/α,β-unsaturated/α-hetero) is 1. The lowest BCUT2D eigenvalue weighted by atomic mass is 9.96. The lowest BCUT2D eigenvalue weighted by Gasteiger charge is -2.34. The number of nitrogens with one attached hydrogen (secondary N) is 1. The Balaban J connectivity index is 0. The number of aryl methyl sites for hydroxylation is 1. The number of amides is 1. The number of quaternary nitrogens is 1. The summed E-state index contributed by atoms with van der Waals surface area (Å²) in [6, 6.07) is 20.9. The van der Waals surface area contributed by atoms with Crippen molar-refractivity contribution in [3.63, 3.8) is 0 Å². The van der Waals surface area contributed by atoms with E-state index in [1.54, 1.807) is 0 Å². The van der Waals surface area contributed by atoms with Crippen molar-refractivity contribution in [3.05, 3.63) is 113 Å². The number of para-hydroxylation sites is 1. The van der Waals surface area contributed by atoms with Gasteiger partial charge in [0.05, 0.1) is 44.3 Å². The second kappa shape index (κ2) is 24.7. The SMILES string of the molecule is Cc1ccc(C[n+]2cc(CC(=O)[C@@H](Cc3ccc(C(F)(F)F)cc3)NC(=O)[C@@H](N)CCC[N+](C)(CCN)CCN)cc3ccccc32)cc1.[Cl-].[Cl-].[Cl-].[Cl-].[Cl-]. The number of benzene rings is 3. The van der Waals surface area contributed by atoms with Gasteiger partial charge >= 0.3 is 6.18 Å². The van der Waals surface area contributed by atoms with E-state index in [4.69, 9.17) is 17.2 Å². The first-order valence-electron chi connectivity index (χ1n) is 16.8. The summed E-state index contributed by atoms with van der Waals surface area (Å²) in [6.07, 6.45) is -1.47. The Labute approximate surface area is 347 Å². The van der Waals surface area contributed by atoms with Crippen LogP contribution in [0.3, 0.4) is 0 Å². The number of halogens is 8. The fourth-order valence-electron chi connectivity index (χ4n) is 6.19. The molecule has 4 rings (SSSR count). The normalized spacial score (nSPS) is 12.1. The summed E-state index contributed by atoms with van der Waals surface area (Å²) in [5, 5.41) is 3.80. The Morgan fingerprint density at radius 3 is 1.96 bits per heavy atom. The minimum Gasteiger partial charge on any atom is -1.00 e. The lowest BCUT2D eigenvalue weighted by Crippen LogP contribution is -3.00. The molecule has 0 radical (unpaired) electrons. The second-order valence-electron chi connectivity index (χ2n) is 13.2. The number of hydrogen-bond donors (Lipinski definition) is 4. The Hall–Kier alpha value is -2.71. The van der Waals surface area contributed by atoms with Gasteiger partial charge in [-0.1, -0.05) is 54.1 Å². The number of carbonyl (C=O) groups excluding carboxylic acids is 2. The summed E-state index contributed by atoms with van der Waals surface area (Å²) in [5.74, 6) is -0.752. The third kappa shape index (κ3) is 15.8. The zero-order chi connectivity index (χ0) is 35.6. The predicted molar refractivity (Wildman–Crippen MR) is 186 cm³/mol. The predicted octanol–water partition coefficient (Wildman–Crippen LogP) is -11.2. The van der Waals surface area contributed by atoms with Gasteiger partial charge in [0.25, 0.3) is 0 Å². The topological polar surface area (TPSA) is 128 Å². The van der Waals surface area contributed by atoms with Crippen LogP contribution >= 0.6 is 0 Å². The summed E-state index contributed by atoms with van der Waals surface area (Å²) in [4.78, 5) is 27.3. The van der Waals surface area contributed by atoms with Crippen molar-refractivity contribution in [2.24, 2.45) is 17.2 Å². The highest BCUT2D eigenvalue weighted by molar-refractivity contribution is 5.92. The van der Waals surface area contributed by atoms with Crippen molar-refractivity contribution in [3.8, 4) is 0 Å². The van der Waals surface area contributed by atoms with E-state index in [2.05, 4.69) is 41.2 Å². The van der Waals surface area contributed by atoms with Crippen molar-refractivity contribution in [1.29, 1.82) is 0 Å². The average molecular weight is 856 g/mol. The molecule has 0 spiro atoms. The summed E-state index contributed by atoms with van der Waals surface area (Å²) < 4.78 is 42.5. The van der Waals surface area contributed by atoms with Crippen molar-refractivity contribution >= 4 is 22.6 Å². The van der Waals surface area contributed by atoms with E-state index in [1.807, 2.05) is 43.5 Å². The van der Waals surface area contributed by atoms with Crippen molar-refractivity contribution in [1.82, 2.24) is 5.32 Å². The molecule has 0 aliphatic carbocycles. The van der Waals surface area contributed by atoms with E-state index in [1.165, 1.54) is 12.1 Å². The van der Waals surface area contributed by atoms with Gasteiger partial charge in [-0.05, 0) is 56.0 Å². The molecule has 1 amide bonds. The molecule has 1 heterocycles. The molecule has 0 fully saturated rings. The largest absolute Gasteiger partial charge is 1.00 e. The van der Waals surface area contributed by atoms with Crippen LogP contribution in [0.5, 0.6) is 0 Å². The molecular formula is C38H49Cl5F3N6O2-3. The van der Waals surface area contributed by atoms with Crippen LogP contribution in [0, 0.1) is 6.92 Å². The van der Waals surface area contributed by atoms with E-state index >= 15 is 0 Å². The molecule has 0 bridgehead atoms. The molecule has 0 aliphatic heterocycles. The van der Waals surface area contributed by atoms with E-state index in [-0.39, 0.29) is 80.7 Å². The summed E-state index contributed by atoms with van der Waals surface area (Å²) >= 11 is 0. The molecule has 7 N–H and O–H groups in total. The molecule has 2 atom stereocenters. The zero-order valence-corrected chi connectivity index (χ0v) is 34.1. The van der Waals surface area contributed by atoms with Gasteiger partial charge in [-0.3, -0.25) is 9.59 Å². The molecule has 0 aliphatic rings. The molecular weight excluding hydrogens is 807 g/mol. The van der Waals surface area contributed by atoms with E-state index in [0.29, 0.717) is 42.5 Å². The van der Waals surface area contributed by atoms with Gasteiger partial charge < -0.3 is 89.0 Å². The maximum Gasteiger partial charge on any atom is 0.416 e. The highest BCUT2D eigenvalue weighted by atomic mass is 35.5. The fraction of sp³-hybridized carbons (Fsp3) is 0.395. The standard InChI is InChI=1S/C38H48F3N6O2.5ClH/c1-27-9-11-29(12-10-27)25-46-26-30(22-31-6-3-4-8-35(31)46)24-36(48)34(23-28-13-15-32(16-14-28)38(39,40)41)45-37(49)33(44)7-5-19-47(2,20-17-42)21-18-43;;;;;/h3-4,6,8-16,22,26,33-34H,5,7,17-21,23-25,42-44H2,1-2H3;5*1H/q+1;;;;;/p-4/t33-,34+;;;;;/m0...../s1. The molecule has 8 nitrogen and oxygen atoms in total. The fourth-order valence-corrected chi connectivity index (χ4v) is 6.19. The number of alkyl halides is 3. The van der Waals surface area contributed by atoms with Crippen molar-refractivity contribution in [2.45, 2.75) is 57.4 Å². The van der Waals surface area contributed by atoms with Crippen molar-refractivity contribution < 1.29 is 93.8 Å². The van der Waals surface area contributed by atoms with E-state index in [9.17, 15) is 22.8 Å². The zero-order valence-electron chi connectivity index (χ0n) is 30.3. The second-order valence-corrected chi connectivity index (χ2v) is 13.2. The highest BCUT2D eigenvalue weighted by Gasteiger charge is 2.31. The molecule has 0 saturated carbocycles. The highest BCUT2D eigenvalue weighted by Crippen LogP contribution is 2.29. The molecule has 16 heteroatoms. The first-order chi connectivity index (χ1) is 23.3. The van der Waals surface area contributed by atoms with E-state index in [0.717, 1.165) is 59.4 Å². The maximum absolute atomic E-state index is 14.0. The van der Waals surface area contributed by atoms with Crippen LogP contribution in [0.4, 0.5) is 13.2 Å². The molecule has 4 aromatic rings. The number of likely N-dealkylation sites (N-methyl/N-ethyl adjacent to an activating group) is 1. The number of aromatic nitrogens is 1. The van der Waals surface area contributed by atoms with Crippen molar-refractivity contribution in [2.75, 3.05) is 39.8 Å². The number of carbonyl (C=O) groups is 2. The van der Waals surface area contributed by atoms with Gasteiger partial charge in [0.1, 0.15) is 0 Å². The van der Waals surface area contributed by atoms with Crippen LogP contribution in [0.1, 0.15) is 40.7 Å². The van der Waals surface area contributed by atoms with Gasteiger partial charge in [0.2, 0.25) is 11.4 Å². The number of rotatable bonds is 17. The average Bonchev–Trinajstić information content (AvgIpc) is 3.05. The van der Waals surface area contributed by atoms with Crippen LogP contribution < -0.4 is 89.1 Å². The molecule has 302 valence electrons. The Morgan fingerprint density at radius 1 is 0.815 bits per heavy atom. The minimum atomic E-state index is -4.48. The van der Waals surface area contributed by atoms with Gasteiger partial charge in [0.15, 0.2) is 18.5 Å². The monoisotopic (exact) mass is 853 g/mol. The van der Waals surface area contributed by atoms with Gasteiger partial charge in [0, 0.05) is 42.1 Å². The van der Waals surface area contributed by atoms with Crippen LogP contribution in [0.2, 0.25) is 0 Å². The van der Waals surface area contributed by atoms with Crippen LogP contribution in [0.15, 0.2) is 85.1 Å². The Morgan fingerprint density at radius 2 is 1.39 bits per heavy atom. The maximum atomic E-state index is 14.0. The summed E-state index contributed by atoms with van der Waals surface area (Å²) in [6.45, 7) is 5.91. The number of nitrogens with two attached hydrogens (primary N) is 3. The molecule has 3 aromatic carbocycles. The minimum absolute atomic E-state index is 0. The van der Waals surface area contributed by atoms with E-state index < -0.39 is 29.7 Å². The quantitative estimate of drug-likeness (QED) is 0.0621. The molecule has 0 saturated heterocycles. The van der Waals surface area contributed by atoms with Gasteiger partial charge in [-0.25, -0.2) is 0 Å². The first-order valence-corrected chi connectivity index (χ1v) is 16.8. The number of ketones is 1. The summed E-state index contributed by atoms with van der Waals surface area (Å²) in [5.41, 5.74) is 21.6. The van der Waals surface area contributed by atoms with Crippen LogP contribution in [-0.2, 0) is 35.2 Å². The molecule has 0 unspecified atom stereocenters. The number of nitrogens with zero attached hydrogens (tertiary/aromatic N) is 2. The Kier molecular flexibility index (Phi) is 24.5. The third-order valence-electron chi connectivity index (χ3n) is 9.07. The van der Waals surface area contributed by atoms with Crippen LogP contribution in [-0.4, -0.2) is 68.0 Å². The third-order valence-corrected chi connectivity index (χ3v) is 9.07. The number of hydrogen-bond acceptors (Lipinski definition) is 5. The van der Waals surface area contributed by atoms with Gasteiger partial charge in [-0.2, -0.15) is 17.7 Å². The van der Waals surface area contributed by atoms with Gasteiger partial charge in [-0.15, -0.1) is 0 Å². The molecule has 54 heavy (non-hydrogen) atoms. The molecule has 1 aromatic heterocycles. The number of pyridine rings is 1. The summed E-state index contributed by atoms with van der Waals surface area (Å²) in [7, 11) is 2.07. The first kappa shape index (κ1) is 53.4. The smallest absolute Gasteiger partial charge is 0.416 e. The number of fused-ring (bicyclic) bond motifs is 1. The van der Waals surface area contributed by atoms with Crippen LogP contribution in [0.25, 0.3) is 10.9 Å². The lowest BCUT2D eigenvalue weighted by molar-refractivity contribution is -0.907. The Bertz CT molecular complexity index is 1710.